The fourth-order valence-corrected chi connectivity index (χ4v) is 1.68. The molecule has 0 aliphatic rings. The molecule has 0 aliphatic carbocycles. The second-order valence-electron chi connectivity index (χ2n) is 4.16. The molecule has 0 atom stereocenters. The SMILES string of the molecule is CO/C(=N\N=C(/c1ccccc1)C(F)(F)F)c1ccncc1. The molecule has 0 saturated carbocycles. The molecule has 0 saturated heterocycles. The minimum absolute atomic E-state index is 0.0277. The van der Waals surface area contributed by atoms with E-state index in [1.807, 2.05) is 0 Å². The summed E-state index contributed by atoms with van der Waals surface area (Å²) in [4.78, 5) is 3.82. The molecule has 22 heavy (non-hydrogen) atoms. The lowest BCUT2D eigenvalue weighted by Gasteiger charge is -2.09. The van der Waals surface area contributed by atoms with Crippen LogP contribution in [0.25, 0.3) is 0 Å². The van der Waals surface area contributed by atoms with Crippen molar-refractivity contribution in [2.45, 2.75) is 6.18 Å². The normalized spacial score (nSPS) is 13.1. The number of hydrogen-bond acceptors (Lipinski definition) is 4. The number of methoxy groups -OCH3 is 1. The number of ether oxygens (including phenoxy) is 1. The molecule has 1 heterocycles. The van der Waals surface area contributed by atoms with Gasteiger partial charge < -0.3 is 4.74 Å². The predicted molar refractivity (Wildman–Crippen MR) is 76.8 cm³/mol. The van der Waals surface area contributed by atoms with Gasteiger partial charge in [-0.25, -0.2) is 0 Å². The van der Waals surface area contributed by atoms with Gasteiger partial charge in [0.1, 0.15) is 0 Å². The Balaban J connectivity index is 2.44. The van der Waals surface area contributed by atoms with Crippen LogP contribution in [0, 0.1) is 0 Å². The smallest absolute Gasteiger partial charge is 0.435 e. The molecule has 7 heteroatoms. The van der Waals surface area contributed by atoms with Gasteiger partial charge in [-0.3, -0.25) is 4.98 Å². The zero-order valence-corrected chi connectivity index (χ0v) is 11.6. The largest absolute Gasteiger partial charge is 0.479 e. The van der Waals surface area contributed by atoms with Crippen LogP contribution in [0.5, 0.6) is 0 Å². The molecule has 114 valence electrons. The Morgan fingerprint density at radius 3 is 2.14 bits per heavy atom. The van der Waals surface area contributed by atoms with Crippen LogP contribution in [0.1, 0.15) is 11.1 Å². The van der Waals surface area contributed by atoms with Gasteiger partial charge in [0.15, 0.2) is 5.71 Å². The third-order valence-corrected chi connectivity index (χ3v) is 2.68. The number of nitrogens with zero attached hydrogens (tertiary/aromatic N) is 3. The van der Waals surface area contributed by atoms with E-state index in [2.05, 4.69) is 15.2 Å². The summed E-state index contributed by atoms with van der Waals surface area (Å²) in [7, 11) is 1.31. The summed E-state index contributed by atoms with van der Waals surface area (Å²) in [6, 6.07) is 10.4. The first-order valence-electron chi connectivity index (χ1n) is 6.25. The van der Waals surface area contributed by atoms with E-state index in [1.165, 1.54) is 43.8 Å². The molecule has 2 aromatic rings. The van der Waals surface area contributed by atoms with Gasteiger partial charge >= 0.3 is 6.18 Å². The van der Waals surface area contributed by atoms with Crippen molar-refractivity contribution in [3.63, 3.8) is 0 Å². The molecule has 1 aromatic heterocycles. The van der Waals surface area contributed by atoms with Gasteiger partial charge in [0, 0.05) is 23.5 Å². The molecule has 1 aromatic carbocycles. The van der Waals surface area contributed by atoms with Crippen LogP contribution >= 0.6 is 0 Å². The Labute approximate surface area is 125 Å². The zero-order chi connectivity index (χ0) is 16.0. The van der Waals surface area contributed by atoms with E-state index in [-0.39, 0.29) is 11.5 Å². The summed E-state index contributed by atoms with van der Waals surface area (Å²) in [5.41, 5.74) is -0.670. The van der Waals surface area contributed by atoms with Crippen molar-refractivity contribution in [1.29, 1.82) is 0 Å². The molecule has 0 aliphatic heterocycles. The van der Waals surface area contributed by atoms with E-state index in [0.29, 0.717) is 5.56 Å². The fourth-order valence-electron chi connectivity index (χ4n) is 1.68. The monoisotopic (exact) mass is 307 g/mol. The molecule has 0 amide bonds. The Morgan fingerprint density at radius 1 is 0.955 bits per heavy atom. The maximum Gasteiger partial charge on any atom is 0.435 e. The van der Waals surface area contributed by atoms with E-state index in [4.69, 9.17) is 4.74 Å². The highest BCUT2D eigenvalue weighted by molar-refractivity contribution is 6.05. The average Bonchev–Trinajstić information content (AvgIpc) is 2.52. The van der Waals surface area contributed by atoms with Crippen molar-refractivity contribution in [2.24, 2.45) is 10.2 Å². The Kier molecular flexibility index (Phi) is 4.88. The van der Waals surface area contributed by atoms with Gasteiger partial charge in [0.2, 0.25) is 5.90 Å². The summed E-state index contributed by atoms with van der Waals surface area (Å²) in [6.45, 7) is 0. The number of halogens is 3. The number of alkyl halides is 3. The highest BCUT2D eigenvalue weighted by Crippen LogP contribution is 2.22. The lowest BCUT2D eigenvalue weighted by Crippen LogP contribution is -2.24. The quantitative estimate of drug-likeness (QED) is 0.495. The van der Waals surface area contributed by atoms with E-state index in [1.54, 1.807) is 18.2 Å². The molecule has 0 N–H and O–H groups in total. The van der Waals surface area contributed by atoms with Gasteiger partial charge in [-0.1, -0.05) is 30.3 Å². The first-order valence-corrected chi connectivity index (χ1v) is 6.25. The average molecular weight is 307 g/mol. The molecule has 2 rings (SSSR count). The fraction of sp³-hybridized carbons (Fsp3) is 0.133. The molecule has 0 spiro atoms. The van der Waals surface area contributed by atoms with Crippen LogP contribution in [0.2, 0.25) is 0 Å². The summed E-state index contributed by atoms with van der Waals surface area (Å²) in [5.74, 6) is -0.0277. The molecule has 0 unspecified atom stereocenters. The lowest BCUT2D eigenvalue weighted by atomic mass is 10.1. The van der Waals surface area contributed by atoms with Crippen LogP contribution in [-0.2, 0) is 4.74 Å². The van der Waals surface area contributed by atoms with Crippen molar-refractivity contribution >= 4 is 11.6 Å². The molecule has 0 bridgehead atoms. The number of hydrogen-bond donors (Lipinski definition) is 0. The van der Waals surface area contributed by atoms with E-state index in [9.17, 15) is 13.2 Å². The Hall–Kier alpha value is -2.70. The van der Waals surface area contributed by atoms with Crippen LogP contribution in [0.3, 0.4) is 0 Å². The second kappa shape index (κ2) is 6.84. The second-order valence-corrected chi connectivity index (χ2v) is 4.16. The van der Waals surface area contributed by atoms with Crippen LogP contribution in [0.15, 0.2) is 65.1 Å². The van der Waals surface area contributed by atoms with Crippen molar-refractivity contribution in [2.75, 3.05) is 7.11 Å². The minimum atomic E-state index is -4.62. The standard InChI is InChI=1S/C15H12F3N3O/c1-22-14(12-7-9-19-10-8-12)21-20-13(15(16,17)18)11-5-3-2-4-6-11/h2-10H,1H3/b20-13+,21-14-. The molecule has 0 radical (unpaired) electrons. The molecule has 0 fully saturated rings. The Bertz CT molecular complexity index is 667. The van der Waals surface area contributed by atoms with Crippen LogP contribution in [0.4, 0.5) is 13.2 Å². The summed E-state index contributed by atoms with van der Waals surface area (Å²) in [6.07, 6.45) is -1.66. The molecular weight excluding hydrogens is 295 g/mol. The van der Waals surface area contributed by atoms with Gasteiger partial charge in [-0.15, -0.1) is 10.2 Å². The first kappa shape index (κ1) is 15.7. The van der Waals surface area contributed by atoms with E-state index >= 15 is 0 Å². The van der Waals surface area contributed by atoms with Crippen molar-refractivity contribution in [3.05, 3.63) is 66.0 Å². The van der Waals surface area contributed by atoms with Crippen LogP contribution < -0.4 is 0 Å². The highest BCUT2D eigenvalue weighted by Gasteiger charge is 2.37. The number of aromatic nitrogens is 1. The summed E-state index contributed by atoms with van der Waals surface area (Å²) >= 11 is 0. The zero-order valence-electron chi connectivity index (χ0n) is 11.6. The maximum absolute atomic E-state index is 13.1. The lowest BCUT2D eigenvalue weighted by molar-refractivity contribution is -0.0582. The Morgan fingerprint density at radius 2 is 1.59 bits per heavy atom. The van der Waals surface area contributed by atoms with Gasteiger partial charge in [0.05, 0.1) is 7.11 Å². The number of benzene rings is 1. The van der Waals surface area contributed by atoms with E-state index < -0.39 is 11.9 Å². The summed E-state index contributed by atoms with van der Waals surface area (Å²) in [5, 5.41) is 6.94. The van der Waals surface area contributed by atoms with Crippen molar-refractivity contribution < 1.29 is 17.9 Å². The molecule has 4 nitrogen and oxygen atoms in total. The maximum atomic E-state index is 13.1. The number of pyridine rings is 1. The van der Waals surface area contributed by atoms with Gasteiger partial charge in [0.25, 0.3) is 0 Å². The predicted octanol–water partition coefficient (Wildman–Crippen LogP) is 3.44. The van der Waals surface area contributed by atoms with E-state index in [0.717, 1.165) is 0 Å². The highest BCUT2D eigenvalue weighted by atomic mass is 19.4. The topological polar surface area (TPSA) is 46.8 Å². The minimum Gasteiger partial charge on any atom is -0.479 e. The number of rotatable bonds is 3. The van der Waals surface area contributed by atoms with Gasteiger partial charge in [-0.2, -0.15) is 13.2 Å². The summed E-state index contributed by atoms with van der Waals surface area (Å²) < 4.78 is 44.3. The third-order valence-electron chi connectivity index (χ3n) is 2.68. The van der Waals surface area contributed by atoms with Gasteiger partial charge in [-0.05, 0) is 12.1 Å². The van der Waals surface area contributed by atoms with Crippen molar-refractivity contribution in [1.82, 2.24) is 4.98 Å². The molecular formula is C15H12F3N3O. The third kappa shape index (κ3) is 3.91. The van der Waals surface area contributed by atoms with Crippen molar-refractivity contribution in [3.8, 4) is 0 Å². The first-order chi connectivity index (χ1) is 10.5. The van der Waals surface area contributed by atoms with Crippen LogP contribution in [-0.4, -0.2) is 29.9 Å².